The molecule has 0 atom stereocenters. The van der Waals surface area contributed by atoms with Crippen LogP contribution in [0.4, 0.5) is 11.4 Å². The minimum Gasteiger partial charge on any atom is -0.255 e. The van der Waals surface area contributed by atoms with E-state index in [9.17, 15) is 0 Å². The molecule has 0 aromatic heterocycles. The standard InChI is InChI=1S/C29H18Cl8N2/c1-14(38-28-22(34)10-16(11-23(28)35)26-18(30)5-3-6-19(26)31)9-15(2)39-29-24(36)12-17(13-25(29)37)27-20(32)7-4-8-21(27)33/h3-8,10-13H,9H2,1-2H3. The fourth-order valence-electron chi connectivity index (χ4n) is 4.01. The van der Waals surface area contributed by atoms with Crippen molar-refractivity contribution in [3.05, 3.63) is 101 Å². The van der Waals surface area contributed by atoms with Crippen LogP contribution in [0, 0.1) is 0 Å². The fourth-order valence-corrected chi connectivity index (χ4v) is 6.39. The molecular weight excluding hydrogens is 660 g/mol. The first kappa shape index (κ1) is 30.5. The van der Waals surface area contributed by atoms with E-state index in [2.05, 4.69) is 9.98 Å². The van der Waals surface area contributed by atoms with E-state index in [-0.39, 0.29) is 0 Å². The molecule has 10 heteroatoms. The number of nitrogens with zero attached hydrogens (tertiary/aromatic N) is 2. The van der Waals surface area contributed by atoms with Crippen molar-refractivity contribution in [3.8, 4) is 22.3 Å². The zero-order chi connectivity index (χ0) is 28.4. The van der Waals surface area contributed by atoms with Crippen molar-refractivity contribution in [2.24, 2.45) is 9.98 Å². The van der Waals surface area contributed by atoms with E-state index in [0.29, 0.717) is 80.2 Å². The highest BCUT2D eigenvalue weighted by molar-refractivity contribution is 6.43. The van der Waals surface area contributed by atoms with Crippen LogP contribution < -0.4 is 0 Å². The van der Waals surface area contributed by atoms with Crippen LogP contribution in [-0.4, -0.2) is 11.4 Å². The molecule has 0 aliphatic rings. The molecule has 0 fully saturated rings. The minimum absolute atomic E-state index is 0.363. The summed E-state index contributed by atoms with van der Waals surface area (Å²) in [6.07, 6.45) is 0.426. The van der Waals surface area contributed by atoms with Gasteiger partial charge in [-0.3, -0.25) is 9.98 Å². The maximum absolute atomic E-state index is 6.57. The molecule has 0 bridgehead atoms. The molecule has 4 aromatic rings. The third-order valence-corrected chi connectivity index (χ3v) is 8.07. The Morgan fingerprint density at radius 2 is 0.769 bits per heavy atom. The third kappa shape index (κ3) is 7.07. The molecule has 39 heavy (non-hydrogen) atoms. The van der Waals surface area contributed by atoms with Crippen LogP contribution in [0.2, 0.25) is 40.2 Å². The lowest BCUT2D eigenvalue weighted by Gasteiger charge is -2.12. The van der Waals surface area contributed by atoms with Crippen molar-refractivity contribution in [1.29, 1.82) is 0 Å². The van der Waals surface area contributed by atoms with E-state index in [1.54, 1.807) is 60.7 Å². The Labute approximate surface area is 267 Å². The molecule has 0 aliphatic carbocycles. The van der Waals surface area contributed by atoms with Gasteiger partial charge in [-0.2, -0.15) is 0 Å². The molecule has 0 amide bonds. The molecule has 0 saturated carbocycles. The van der Waals surface area contributed by atoms with Crippen LogP contribution in [0.1, 0.15) is 20.3 Å². The average molecular weight is 678 g/mol. The van der Waals surface area contributed by atoms with E-state index in [1.165, 1.54) is 0 Å². The molecule has 0 unspecified atom stereocenters. The number of hydrogen-bond acceptors (Lipinski definition) is 2. The smallest absolute Gasteiger partial charge is 0.100 e. The van der Waals surface area contributed by atoms with Gasteiger partial charge in [-0.25, -0.2) is 0 Å². The molecular formula is C29H18Cl8N2. The van der Waals surface area contributed by atoms with E-state index in [4.69, 9.17) is 92.8 Å². The molecule has 4 aromatic carbocycles. The lowest BCUT2D eigenvalue weighted by molar-refractivity contribution is 1.37. The quantitative estimate of drug-likeness (QED) is 0.181. The Bertz CT molecular complexity index is 1440. The topological polar surface area (TPSA) is 24.7 Å². The Hall–Kier alpha value is -1.46. The van der Waals surface area contributed by atoms with Crippen molar-refractivity contribution in [2.45, 2.75) is 20.3 Å². The highest BCUT2D eigenvalue weighted by atomic mass is 35.5. The number of rotatable bonds is 6. The zero-order valence-corrected chi connectivity index (χ0v) is 26.4. The van der Waals surface area contributed by atoms with Crippen LogP contribution >= 0.6 is 92.8 Å². The molecule has 0 spiro atoms. The number of hydrogen-bond donors (Lipinski definition) is 0. The summed E-state index contributed by atoms with van der Waals surface area (Å²) in [7, 11) is 0. The maximum Gasteiger partial charge on any atom is 0.100 e. The van der Waals surface area contributed by atoms with Gasteiger partial charge < -0.3 is 0 Å². The minimum atomic E-state index is 0.363. The lowest BCUT2D eigenvalue weighted by atomic mass is 10.0. The Morgan fingerprint density at radius 1 is 0.487 bits per heavy atom. The van der Waals surface area contributed by atoms with Gasteiger partial charge in [0.2, 0.25) is 0 Å². The van der Waals surface area contributed by atoms with Crippen LogP contribution in [0.3, 0.4) is 0 Å². The molecule has 2 nitrogen and oxygen atoms in total. The van der Waals surface area contributed by atoms with Gasteiger partial charge in [0.05, 0.1) is 20.1 Å². The second kappa shape index (κ2) is 13.0. The number of benzene rings is 4. The second-order valence-electron chi connectivity index (χ2n) is 8.64. The normalized spacial score (nSPS) is 12.3. The average Bonchev–Trinajstić information content (AvgIpc) is 2.83. The van der Waals surface area contributed by atoms with Crippen molar-refractivity contribution < 1.29 is 0 Å². The van der Waals surface area contributed by atoms with E-state index in [0.717, 1.165) is 11.4 Å². The molecule has 0 radical (unpaired) electrons. The molecule has 200 valence electrons. The molecule has 0 N–H and O–H groups in total. The first-order valence-electron chi connectivity index (χ1n) is 11.4. The number of aliphatic imine (C=N–C) groups is 2. The Balaban J connectivity index is 1.60. The summed E-state index contributed by atoms with van der Waals surface area (Å²) < 4.78 is 0. The van der Waals surface area contributed by atoms with Crippen molar-refractivity contribution in [2.75, 3.05) is 0 Å². The largest absolute Gasteiger partial charge is 0.255 e. The maximum atomic E-state index is 6.57. The fraction of sp³-hybridized carbons (Fsp3) is 0.103. The second-order valence-corrected chi connectivity index (χ2v) is 11.9. The first-order chi connectivity index (χ1) is 18.5. The van der Waals surface area contributed by atoms with Gasteiger partial charge in [0.15, 0.2) is 0 Å². The van der Waals surface area contributed by atoms with Crippen molar-refractivity contribution in [3.63, 3.8) is 0 Å². The van der Waals surface area contributed by atoms with E-state index < -0.39 is 0 Å². The predicted molar refractivity (Wildman–Crippen MR) is 174 cm³/mol. The highest BCUT2D eigenvalue weighted by Crippen LogP contribution is 2.43. The van der Waals surface area contributed by atoms with Crippen LogP contribution in [0.15, 0.2) is 70.6 Å². The monoisotopic (exact) mass is 674 g/mol. The van der Waals surface area contributed by atoms with Gasteiger partial charge >= 0.3 is 0 Å². The predicted octanol–water partition coefficient (Wildman–Crippen LogP) is 13.5. The lowest BCUT2D eigenvalue weighted by Crippen LogP contribution is -2.00. The van der Waals surface area contributed by atoms with Gasteiger partial charge in [-0.15, -0.1) is 0 Å². The summed E-state index contributed by atoms with van der Waals surface area (Å²) in [6.45, 7) is 3.71. The summed E-state index contributed by atoms with van der Waals surface area (Å²) >= 11 is 51.7. The van der Waals surface area contributed by atoms with Crippen LogP contribution in [0.5, 0.6) is 0 Å². The highest BCUT2D eigenvalue weighted by Gasteiger charge is 2.16. The van der Waals surface area contributed by atoms with Gasteiger partial charge in [0.25, 0.3) is 0 Å². The van der Waals surface area contributed by atoms with Gasteiger partial charge in [-0.05, 0) is 73.5 Å². The summed E-state index contributed by atoms with van der Waals surface area (Å²) in [5.74, 6) is 0. The van der Waals surface area contributed by atoms with Crippen LogP contribution in [-0.2, 0) is 0 Å². The molecule has 0 aliphatic heterocycles. The van der Waals surface area contributed by atoms with Crippen LogP contribution in [0.25, 0.3) is 22.3 Å². The Kier molecular flexibility index (Phi) is 10.2. The van der Waals surface area contributed by atoms with E-state index >= 15 is 0 Å². The summed E-state index contributed by atoms with van der Waals surface area (Å²) in [6, 6.07) is 17.5. The van der Waals surface area contributed by atoms with E-state index in [1.807, 2.05) is 13.8 Å². The summed E-state index contributed by atoms with van der Waals surface area (Å²) in [5.41, 5.74) is 5.03. The molecule has 4 rings (SSSR count). The SMILES string of the molecule is CC(CC(C)=Nc1c(Cl)cc(-c2c(Cl)cccc2Cl)cc1Cl)=Nc1c(Cl)cc(-c2c(Cl)cccc2Cl)cc1Cl. The summed E-state index contributed by atoms with van der Waals surface area (Å²) in [5, 5.41) is 3.43. The zero-order valence-electron chi connectivity index (χ0n) is 20.4. The first-order valence-corrected chi connectivity index (χ1v) is 14.4. The van der Waals surface area contributed by atoms with Crippen molar-refractivity contribution >= 4 is 116 Å². The third-order valence-electron chi connectivity index (χ3n) is 5.65. The van der Waals surface area contributed by atoms with Gasteiger partial charge in [-0.1, -0.05) is 105 Å². The number of halogens is 8. The Morgan fingerprint density at radius 3 is 1.05 bits per heavy atom. The van der Waals surface area contributed by atoms with Gasteiger partial charge in [0, 0.05) is 49.1 Å². The molecule has 0 saturated heterocycles. The molecule has 0 heterocycles. The summed E-state index contributed by atoms with van der Waals surface area (Å²) in [4.78, 5) is 9.30. The van der Waals surface area contributed by atoms with Crippen molar-refractivity contribution in [1.82, 2.24) is 0 Å². The van der Waals surface area contributed by atoms with Gasteiger partial charge in [0.1, 0.15) is 11.4 Å².